The van der Waals surface area contributed by atoms with Crippen LogP contribution in [0.15, 0.2) is 23.1 Å². The van der Waals surface area contributed by atoms with Gasteiger partial charge in [0.2, 0.25) is 15.9 Å². The molecule has 1 fully saturated rings. The smallest absolute Gasteiger partial charge is 0.243 e. The van der Waals surface area contributed by atoms with Crippen LogP contribution in [0.1, 0.15) is 70.8 Å². The first-order valence-electron chi connectivity index (χ1n) is 11.4. The van der Waals surface area contributed by atoms with Crippen LogP contribution in [0.25, 0.3) is 0 Å². The summed E-state index contributed by atoms with van der Waals surface area (Å²) in [5, 5.41) is 3.04. The summed E-state index contributed by atoms with van der Waals surface area (Å²) >= 11 is 0. The van der Waals surface area contributed by atoms with Crippen LogP contribution in [-0.2, 0) is 21.2 Å². The number of hydrogen-bond donors (Lipinski definition) is 1. The molecule has 1 aromatic rings. The number of nitrogens with one attached hydrogen (secondary N) is 1. The predicted octanol–water partition coefficient (Wildman–Crippen LogP) is 4.14. The van der Waals surface area contributed by atoms with E-state index >= 15 is 0 Å². The minimum atomic E-state index is -3.50. The number of unbranched alkanes of at least 4 members (excludes halogenated alkanes) is 1. The lowest BCUT2D eigenvalue weighted by Crippen LogP contribution is -2.35. The van der Waals surface area contributed by atoms with Gasteiger partial charge in [-0.3, -0.25) is 4.79 Å². The second-order valence-corrected chi connectivity index (χ2v) is 10.1. The molecule has 170 valence electrons. The summed E-state index contributed by atoms with van der Waals surface area (Å²) in [5.74, 6) is 1.13. The zero-order valence-corrected chi connectivity index (χ0v) is 19.6. The van der Waals surface area contributed by atoms with Gasteiger partial charge in [-0.25, -0.2) is 8.42 Å². The van der Waals surface area contributed by atoms with E-state index in [1.54, 1.807) is 29.6 Å². The Morgan fingerprint density at radius 3 is 2.57 bits per heavy atom. The number of piperidine rings is 1. The number of aryl methyl sites for hydroxylation is 1. The van der Waals surface area contributed by atoms with E-state index in [9.17, 15) is 13.2 Å². The Kier molecular flexibility index (Phi) is 10.1. The van der Waals surface area contributed by atoms with Crippen LogP contribution in [0.5, 0.6) is 5.75 Å². The van der Waals surface area contributed by atoms with Gasteiger partial charge in [0, 0.05) is 26.1 Å². The molecule has 30 heavy (non-hydrogen) atoms. The fourth-order valence-electron chi connectivity index (χ4n) is 3.90. The van der Waals surface area contributed by atoms with E-state index < -0.39 is 10.0 Å². The molecule has 1 aliphatic rings. The molecule has 1 amide bonds. The normalized spacial score (nSPS) is 16.2. The molecular weight excluding hydrogens is 400 g/mol. The maximum atomic E-state index is 13.0. The van der Waals surface area contributed by atoms with Gasteiger partial charge in [-0.15, -0.1) is 0 Å². The first-order chi connectivity index (χ1) is 14.4. The molecule has 2 rings (SSSR count). The van der Waals surface area contributed by atoms with Gasteiger partial charge in [0.1, 0.15) is 5.75 Å². The van der Waals surface area contributed by atoms with Crippen LogP contribution in [0.3, 0.4) is 0 Å². The van der Waals surface area contributed by atoms with E-state index in [2.05, 4.69) is 19.2 Å². The van der Waals surface area contributed by atoms with Crippen molar-refractivity contribution >= 4 is 15.9 Å². The molecule has 1 saturated heterocycles. The number of amides is 1. The minimum Gasteiger partial charge on any atom is -0.496 e. The van der Waals surface area contributed by atoms with Gasteiger partial charge >= 0.3 is 0 Å². The van der Waals surface area contributed by atoms with E-state index in [0.29, 0.717) is 44.1 Å². The fourth-order valence-corrected chi connectivity index (χ4v) is 5.47. The highest BCUT2D eigenvalue weighted by Crippen LogP contribution is 2.27. The van der Waals surface area contributed by atoms with Crippen LogP contribution in [-0.4, -0.2) is 45.4 Å². The average Bonchev–Trinajstić information content (AvgIpc) is 2.78. The zero-order chi connectivity index (χ0) is 22.0. The Balaban J connectivity index is 2.00. The largest absolute Gasteiger partial charge is 0.496 e. The molecule has 0 spiro atoms. The Labute approximate surface area is 182 Å². The third-order valence-corrected chi connectivity index (χ3v) is 7.85. The third-order valence-electron chi connectivity index (χ3n) is 5.96. The van der Waals surface area contributed by atoms with Gasteiger partial charge in [-0.2, -0.15) is 4.31 Å². The van der Waals surface area contributed by atoms with E-state index in [4.69, 9.17) is 4.74 Å². The van der Waals surface area contributed by atoms with E-state index in [1.807, 2.05) is 0 Å². The molecule has 1 unspecified atom stereocenters. The second kappa shape index (κ2) is 12.3. The highest BCUT2D eigenvalue weighted by Gasteiger charge is 2.26. The first kappa shape index (κ1) is 24.7. The molecule has 1 heterocycles. The molecular formula is C23H38N2O4S. The second-order valence-electron chi connectivity index (χ2n) is 8.16. The summed E-state index contributed by atoms with van der Waals surface area (Å²) in [6, 6.07) is 4.97. The summed E-state index contributed by atoms with van der Waals surface area (Å²) in [6.45, 7) is 6.19. The zero-order valence-electron chi connectivity index (χ0n) is 18.8. The van der Waals surface area contributed by atoms with Gasteiger partial charge in [0.25, 0.3) is 0 Å². The van der Waals surface area contributed by atoms with E-state index in [1.165, 1.54) is 12.8 Å². The number of sulfonamides is 1. The quantitative estimate of drug-likeness (QED) is 0.532. The number of carbonyl (C=O) groups excluding carboxylic acids is 1. The maximum Gasteiger partial charge on any atom is 0.243 e. The summed E-state index contributed by atoms with van der Waals surface area (Å²) < 4.78 is 32.9. The van der Waals surface area contributed by atoms with Gasteiger partial charge in [0.05, 0.1) is 12.0 Å². The van der Waals surface area contributed by atoms with Gasteiger partial charge < -0.3 is 10.1 Å². The Morgan fingerprint density at radius 2 is 1.93 bits per heavy atom. The number of rotatable bonds is 12. The lowest BCUT2D eigenvalue weighted by molar-refractivity contribution is -0.121. The molecule has 0 saturated carbocycles. The summed E-state index contributed by atoms with van der Waals surface area (Å²) in [6.07, 6.45) is 8.19. The molecule has 0 bridgehead atoms. The number of methoxy groups -OCH3 is 1. The van der Waals surface area contributed by atoms with Crippen LogP contribution in [0.2, 0.25) is 0 Å². The van der Waals surface area contributed by atoms with Crippen molar-refractivity contribution in [3.8, 4) is 5.75 Å². The number of nitrogens with zero attached hydrogens (tertiary/aromatic N) is 1. The van der Waals surface area contributed by atoms with Crippen molar-refractivity contribution in [2.75, 3.05) is 26.7 Å². The Morgan fingerprint density at radius 1 is 1.20 bits per heavy atom. The molecule has 1 aromatic carbocycles. The van der Waals surface area contributed by atoms with Crippen molar-refractivity contribution in [2.45, 2.75) is 76.5 Å². The van der Waals surface area contributed by atoms with Crippen molar-refractivity contribution in [2.24, 2.45) is 5.92 Å². The fraction of sp³-hybridized carbons (Fsp3) is 0.696. The molecule has 6 nitrogen and oxygen atoms in total. The third kappa shape index (κ3) is 6.98. The van der Waals surface area contributed by atoms with Crippen molar-refractivity contribution < 1.29 is 17.9 Å². The predicted molar refractivity (Wildman–Crippen MR) is 120 cm³/mol. The molecule has 0 aliphatic carbocycles. The first-order valence-corrected chi connectivity index (χ1v) is 12.8. The summed E-state index contributed by atoms with van der Waals surface area (Å²) in [4.78, 5) is 12.6. The Bertz CT molecular complexity index is 773. The highest BCUT2D eigenvalue weighted by atomic mass is 32.2. The number of hydrogen-bond acceptors (Lipinski definition) is 4. The highest BCUT2D eigenvalue weighted by molar-refractivity contribution is 7.89. The maximum absolute atomic E-state index is 13.0. The lowest BCUT2D eigenvalue weighted by atomic mass is 9.99. The van der Waals surface area contributed by atoms with E-state index in [0.717, 1.165) is 37.7 Å². The molecule has 0 radical (unpaired) electrons. The molecule has 0 aromatic heterocycles. The average molecular weight is 439 g/mol. The molecule has 1 aliphatic heterocycles. The van der Waals surface area contributed by atoms with Crippen LogP contribution in [0, 0.1) is 5.92 Å². The molecule has 1 N–H and O–H groups in total. The summed E-state index contributed by atoms with van der Waals surface area (Å²) in [7, 11) is -1.94. The number of carbonyl (C=O) groups is 1. The minimum absolute atomic E-state index is 0.00343. The topological polar surface area (TPSA) is 75.7 Å². The number of ether oxygens (including phenoxy) is 1. The SMILES string of the molecule is CCCCC(CC)CNC(=O)CCc1cc(S(=O)(=O)N2CCCCC2)ccc1OC. The van der Waals surface area contributed by atoms with Gasteiger partial charge in [-0.05, 0) is 55.4 Å². The van der Waals surface area contributed by atoms with Crippen molar-refractivity contribution in [1.29, 1.82) is 0 Å². The lowest BCUT2D eigenvalue weighted by Gasteiger charge is -2.26. The standard InChI is InChI=1S/C23H38N2O4S/c1-4-6-10-19(5-2)18-24-23(26)14-11-20-17-21(12-13-22(20)29-3)30(27,28)25-15-8-7-9-16-25/h12-13,17,19H,4-11,14-16,18H2,1-3H3,(H,24,26). The van der Waals surface area contributed by atoms with Crippen LogP contribution >= 0.6 is 0 Å². The van der Waals surface area contributed by atoms with Crippen LogP contribution in [0.4, 0.5) is 0 Å². The summed E-state index contributed by atoms with van der Waals surface area (Å²) in [5.41, 5.74) is 0.753. The van der Waals surface area contributed by atoms with Crippen LogP contribution < -0.4 is 10.1 Å². The van der Waals surface area contributed by atoms with E-state index in [-0.39, 0.29) is 10.8 Å². The van der Waals surface area contributed by atoms with Crippen molar-refractivity contribution in [3.63, 3.8) is 0 Å². The van der Waals surface area contributed by atoms with Crippen molar-refractivity contribution in [3.05, 3.63) is 23.8 Å². The van der Waals surface area contributed by atoms with Gasteiger partial charge in [-0.1, -0.05) is 39.5 Å². The van der Waals surface area contributed by atoms with Gasteiger partial charge in [0.15, 0.2) is 0 Å². The van der Waals surface area contributed by atoms with Crippen molar-refractivity contribution in [1.82, 2.24) is 9.62 Å². The Hall–Kier alpha value is -1.60. The molecule has 1 atom stereocenters. The molecule has 7 heteroatoms. The number of benzene rings is 1. The monoisotopic (exact) mass is 438 g/mol.